The Bertz CT molecular complexity index is 190. The van der Waals surface area contributed by atoms with Gasteiger partial charge >= 0.3 is 5.97 Å². The summed E-state index contributed by atoms with van der Waals surface area (Å²) < 4.78 is 0. The number of Topliss-reactive ketones (excluding diaryl/α,β-unsaturated/α-hetero) is 1. The summed E-state index contributed by atoms with van der Waals surface area (Å²) in [6.45, 7) is 2.62. The number of piperidine rings is 1. The van der Waals surface area contributed by atoms with Gasteiger partial charge in [0.15, 0.2) is 5.78 Å². The van der Waals surface area contributed by atoms with E-state index in [0.717, 1.165) is 0 Å². The van der Waals surface area contributed by atoms with Crippen LogP contribution in [0.3, 0.4) is 0 Å². The molecule has 62 valence electrons. The van der Waals surface area contributed by atoms with Crippen LogP contribution in [0, 0.1) is 11.8 Å². The molecular weight excluding hydrogens is 146 g/mol. The van der Waals surface area contributed by atoms with Crippen molar-refractivity contribution in [2.45, 2.75) is 6.92 Å². The number of aliphatic carboxylic acids is 1. The van der Waals surface area contributed by atoms with Gasteiger partial charge in [0.05, 0.1) is 0 Å². The van der Waals surface area contributed by atoms with E-state index >= 15 is 0 Å². The molecule has 2 atom stereocenters. The lowest BCUT2D eigenvalue weighted by Gasteiger charge is -2.23. The smallest absolute Gasteiger partial charge is 0.315 e. The van der Waals surface area contributed by atoms with Crippen molar-refractivity contribution in [3.05, 3.63) is 0 Å². The quantitative estimate of drug-likeness (QED) is 0.503. The summed E-state index contributed by atoms with van der Waals surface area (Å²) in [4.78, 5) is 21.6. The van der Waals surface area contributed by atoms with E-state index in [2.05, 4.69) is 5.32 Å². The SMILES string of the molecule is CC1CNCC(C(=O)O)C1=O. The number of rotatable bonds is 1. The number of carbonyl (C=O) groups excluding carboxylic acids is 1. The number of ketones is 1. The number of nitrogens with one attached hydrogen (secondary N) is 1. The molecule has 0 bridgehead atoms. The fraction of sp³-hybridized carbons (Fsp3) is 0.714. The van der Waals surface area contributed by atoms with Crippen molar-refractivity contribution in [3.8, 4) is 0 Å². The average Bonchev–Trinajstić information content (AvgIpc) is 1.94. The number of hydrogen-bond acceptors (Lipinski definition) is 3. The first-order valence-corrected chi connectivity index (χ1v) is 3.60. The molecule has 0 spiro atoms. The number of carboxylic acids is 1. The lowest BCUT2D eigenvalue weighted by molar-refractivity contribution is -0.148. The van der Waals surface area contributed by atoms with Crippen LogP contribution in [0.25, 0.3) is 0 Å². The fourth-order valence-corrected chi connectivity index (χ4v) is 1.20. The molecule has 4 nitrogen and oxygen atoms in total. The van der Waals surface area contributed by atoms with Gasteiger partial charge < -0.3 is 10.4 Å². The van der Waals surface area contributed by atoms with Gasteiger partial charge in [0.2, 0.25) is 0 Å². The third-order valence-corrected chi connectivity index (χ3v) is 1.93. The molecule has 1 heterocycles. The molecule has 2 unspecified atom stereocenters. The first-order chi connectivity index (χ1) is 5.13. The molecule has 0 aromatic carbocycles. The Hall–Kier alpha value is -0.900. The molecule has 0 aliphatic carbocycles. The largest absolute Gasteiger partial charge is 0.481 e. The Morgan fingerprint density at radius 3 is 2.73 bits per heavy atom. The fourth-order valence-electron chi connectivity index (χ4n) is 1.20. The number of carbonyl (C=O) groups is 2. The van der Waals surface area contributed by atoms with Gasteiger partial charge in [-0.2, -0.15) is 0 Å². The minimum atomic E-state index is -1.02. The Labute approximate surface area is 64.6 Å². The van der Waals surface area contributed by atoms with E-state index in [1.165, 1.54) is 0 Å². The minimum Gasteiger partial charge on any atom is -0.481 e. The molecule has 0 aromatic heterocycles. The Kier molecular flexibility index (Phi) is 2.24. The van der Waals surface area contributed by atoms with Gasteiger partial charge in [0.1, 0.15) is 5.92 Å². The molecule has 1 fully saturated rings. The van der Waals surface area contributed by atoms with Crippen LogP contribution in [-0.4, -0.2) is 29.9 Å². The second kappa shape index (κ2) is 3.00. The topological polar surface area (TPSA) is 66.4 Å². The van der Waals surface area contributed by atoms with E-state index < -0.39 is 11.9 Å². The lowest BCUT2D eigenvalue weighted by Crippen LogP contribution is -2.46. The zero-order valence-corrected chi connectivity index (χ0v) is 6.33. The standard InChI is InChI=1S/C7H11NO3/c1-4-2-8-3-5(6(4)9)7(10)11/h4-5,8H,2-3H2,1H3,(H,10,11). The van der Waals surface area contributed by atoms with Crippen LogP contribution in [0.4, 0.5) is 0 Å². The van der Waals surface area contributed by atoms with Crippen LogP contribution < -0.4 is 5.32 Å². The van der Waals surface area contributed by atoms with Crippen molar-refractivity contribution in [2.75, 3.05) is 13.1 Å². The Balaban J connectivity index is 2.66. The van der Waals surface area contributed by atoms with Crippen LogP contribution in [0.1, 0.15) is 6.92 Å². The summed E-state index contributed by atoms with van der Waals surface area (Å²) in [6.07, 6.45) is 0. The second-order valence-electron chi connectivity index (χ2n) is 2.85. The first kappa shape index (κ1) is 8.20. The van der Waals surface area contributed by atoms with Gasteiger partial charge in [-0.1, -0.05) is 6.92 Å². The van der Waals surface area contributed by atoms with E-state index in [1.54, 1.807) is 6.92 Å². The number of hydrogen-bond donors (Lipinski definition) is 2. The Morgan fingerprint density at radius 2 is 2.27 bits per heavy atom. The highest BCUT2D eigenvalue weighted by molar-refractivity contribution is 6.00. The second-order valence-corrected chi connectivity index (χ2v) is 2.85. The van der Waals surface area contributed by atoms with Crippen molar-refractivity contribution in [2.24, 2.45) is 11.8 Å². The number of carboxylic acid groups (broad SMARTS) is 1. The molecular formula is C7H11NO3. The average molecular weight is 157 g/mol. The molecule has 0 radical (unpaired) electrons. The normalized spacial score (nSPS) is 31.9. The zero-order chi connectivity index (χ0) is 8.43. The molecule has 1 aliphatic rings. The predicted molar refractivity (Wildman–Crippen MR) is 38.2 cm³/mol. The van der Waals surface area contributed by atoms with Crippen molar-refractivity contribution in [1.82, 2.24) is 5.32 Å². The van der Waals surface area contributed by atoms with Crippen LogP contribution in [0.15, 0.2) is 0 Å². The van der Waals surface area contributed by atoms with Crippen LogP contribution in [-0.2, 0) is 9.59 Å². The van der Waals surface area contributed by atoms with Gasteiger partial charge in [-0.25, -0.2) is 0 Å². The zero-order valence-electron chi connectivity index (χ0n) is 6.33. The summed E-state index contributed by atoms with van der Waals surface area (Å²) in [6, 6.07) is 0. The van der Waals surface area contributed by atoms with E-state index in [-0.39, 0.29) is 18.2 Å². The van der Waals surface area contributed by atoms with Crippen LogP contribution in [0.5, 0.6) is 0 Å². The molecule has 4 heteroatoms. The summed E-state index contributed by atoms with van der Waals surface area (Å²) in [7, 11) is 0. The van der Waals surface area contributed by atoms with Crippen molar-refractivity contribution in [3.63, 3.8) is 0 Å². The lowest BCUT2D eigenvalue weighted by atomic mass is 9.90. The summed E-state index contributed by atoms with van der Waals surface area (Å²) in [5, 5.41) is 11.5. The van der Waals surface area contributed by atoms with Gasteiger partial charge in [-0.3, -0.25) is 9.59 Å². The highest BCUT2D eigenvalue weighted by Gasteiger charge is 2.32. The third kappa shape index (κ3) is 1.57. The van der Waals surface area contributed by atoms with Gasteiger partial charge in [0, 0.05) is 19.0 Å². The predicted octanol–water partition coefficient (Wildman–Crippen LogP) is -0.504. The highest BCUT2D eigenvalue weighted by Crippen LogP contribution is 2.11. The van der Waals surface area contributed by atoms with Crippen LogP contribution >= 0.6 is 0 Å². The summed E-state index contributed by atoms with van der Waals surface area (Å²) in [5.74, 6) is -2.17. The van der Waals surface area contributed by atoms with Gasteiger partial charge in [0.25, 0.3) is 0 Å². The van der Waals surface area contributed by atoms with E-state index in [4.69, 9.17) is 5.11 Å². The summed E-state index contributed by atoms with van der Waals surface area (Å²) >= 11 is 0. The Morgan fingerprint density at radius 1 is 1.64 bits per heavy atom. The molecule has 1 rings (SSSR count). The third-order valence-electron chi connectivity index (χ3n) is 1.93. The van der Waals surface area contributed by atoms with Gasteiger partial charge in [-0.05, 0) is 0 Å². The molecule has 11 heavy (non-hydrogen) atoms. The monoisotopic (exact) mass is 157 g/mol. The minimum absolute atomic E-state index is 0.156. The maximum atomic E-state index is 11.1. The van der Waals surface area contributed by atoms with Crippen LogP contribution in [0.2, 0.25) is 0 Å². The van der Waals surface area contributed by atoms with Gasteiger partial charge in [-0.15, -0.1) is 0 Å². The first-order valence-electron chi connectivity index (χ1n) is 3.60. The van der Waals surface area contributed by atoms with Crippen molar-refractivity contribution >= 4 is 11.8 Å². The molecule has 0 saturated carbocycles. The maximum Gasteiger partial charge on any atom is 0.315 e. The highest BCUT2D eigenvalue weighted by atomic mass is 16.4. The molecule has 2 N–H and O–H groups in total. The van der Waals surface area contributed by atoms with E-state index in [1.807, 2.05) is 0 Å². The molecule has 1 saturated heterocycles. The molecule has 1 aliphatic heterocycles. The van der Waals surface area contributed by atoms with E-state index in [0.29, 0.717) is 6.54 Å². The summed E-state index contributed by atoms with van der Waals surface area (Å²) in [5.41, 5.74) is 0. The molecule has 0 amide bonds. The van der Waals surface area contributed by atoms with Crippen molar-refractivity contribution < 1.29 is 14.7 Å². The van der Waals surface area contributed by atoms with Crippen molar-refractivity contribution in [1.29, 1.82) is 0 Å². The molecule has 0 aromatic rings. The van der Waals surface area contributed by atoms with E-state index in [9.17, 15) is 9.59 Å². The maximum absolute atomic E-state index is 11.1.